The van der Waals surface area contributed by atoms with Crippen LogP contribution in [-0.4, -0.2) is 27.7 Å². The van der Waals surface area contributed by atoms with Gasteiger partial charge in [-0.15, -0.1) is 11.3 Å². The van der Waals surface area contributed by atoms with Crippen LogP contribution in [0.2, 0.25) is 0 Å². The average Bonchev–Trinajstić information content (AvgIpc) is 3.19. The van der Waals surface area contributed by atoms with Crippen molar-refractivity contribution in [3.8, 4) is 0 Å². The molecule has 0 radical (unpaired) electrons. The van der Waals surface area contributed by atoms with Gasteiger partial charge in [0.05, 0.1) is 23.0 Å². The van der Waals surface area contributed by atoms with Gasteiger partial charge in [0, 0.05) is 17.3 Å². The minimum absolute atomic E-state index is 0.0552. The Labute approximate surface area is 162 Å². The number of carbonyl (C=O) groups is 1. The van der Waals surface area contributed by atoms with Crippen LogP contribution in [-0.2, 0) is 17.7 Å². The topological polar surface area (TPSA) is 89.3 Å². The van der Waals surface area contributed by atoms with Crippen LogP contribution in [0.4, 0.5) is 10.6 Å². The molecular formula is C19H24N4O3S. The van der Waals surface area contributed by atoms with Crippen LogP contribution in [0, 0.1) is 0 Å². The third kappa shape index (κ3) is 5.43. The molecule has 2 N–H and O–H groups in total. The minimum Gasteiger partial charge on any atom is -0.467 e. The third-order valence-corrected chi connectivity index (χ3v) is 4.80. The Kier molecular flexibility index (Phi) is 5.65. The molecular weight excluding hydrogens is 364 g/mol. The predicted molar refractivity (Wildman–Crippen MR) is 106 cm³/mol. The van der Waals surface area contributed by atoms with Gasteiger partial charge in [-0.1, -0.05) is 0 Å². The van der Waals surface area contributed by atoms with E-state index in [4.69, 9.17) is 9.15 Å². The van der Waals surface area contributed by atoms with E-state index in [1.165, 1.54) is 0 Å². The molecule has 0 saturated carbocycles. The van der Waals surface area contributed by atoms with Crippen molar-refractivity contribution in [2.75, 3.05) is 5.32 Å². The van der Waals surface area contributed by atoms with E-state index in [1.807, 2.05) is 45.9 Å². The van der Waals surface area contributed by atoms with Crippen molar-refractivity contribution >= 4 is 33.5 Å². The number of nitrogens with zero attached hydrogens (tertiary/aromatic N) is 2. The zero-order valence-corrected chi connectivity index (χ0v) is 16.7. The predicted octanol–water partition coefficient (Wildman–Crippen LogP) is 4.35. The first-order valence-electron chi connectivity index (χ1n) is 8.79. The fraction of sp³-hybridized carbons (Fsp3) is 0.421. The van der Waals surface area contributed by atoms with Gasteiger partial charge < -0.3 is 19.8 Å². The molecule has 3 heterocycles. The molecule has 0 aliphatic carbocycles. The Hall–Kier alpha value is -2.61. The highest BCUT2D eigenvalue weighted by Crippen LogP contribution is 2.30. The molecule has 0 saturated heterocycles. The molecule has 7 nitrogen and oxygen atoms in total. The number of carbonyl (C=O) groups excluding carboxylic acids is 1. The molecule has 3 aromatic rings. The van der Waals surface area contributed by atoms with Crippen LogP contribution in [0.3, 0.4) is 0 Å². The first-order chi connectivity index (χ1) is 12.8. The molecule has 0 aromatic carbocycles. The van der Waals surface area contributed by atoms with E-state index in [1.54, 1.807) is 23.9 Å². The molecule has 8 heteroatoms. The average molecular weight is 388 g/mol. The Balaban J connectivity index is 1.65. The van der Waals surface area contributed by atoms with E-state index in [2.05, 4.69) is 20.6 Å². The Morgan fingerprint density at radius 3 is 2.89 bits per heavy atom. The molecule has 3 aromatic heterocycles. The first kappa shape index (κ1) is 19.2. The van der Waals surface area contributed by atoms with Gasteiger partial charge in [0.2, 0.25) is 0 Å². The Morgan fingerprint density at radius 1 is 1.37 bits per heavy atom. The van der Waals surface area contributed by atoms with Gasteiger partial charge in [-0.05, 0) is 45.9 Å². The summed E-state index contributed by atoms with van der Waals surface area (Å²) < 4.78 is 11.6. The number of hydrogen-bond donors (Lipinski definition) is 2. The van der Waals surface area contributed by atoms with Crippen molar-refractivity contribution in [2.45, 2.75) is 52.3 Å². The van der Waals surface area contributed by atoms with Gasteiger partial charge in [0.25, 0.3) is 0 Å². The molecule has 1 amide bonds. The summed E-state index contributed by atoms with van der Waals surface area (Å²) in [5.74, 6) is 1.62. The van der Waals surface area contributed by atoms with Crippen molar-refractivity contribution in [1.82, 2.24) is 15.3 Å². The van der Waals surface area contributed by atoms with Crippen molar-refractivity contribution in [3.05, 3.63) is 41.4 Å². The second-order valence-electron chi connectivity index (χ2n) is 7.33. The summed E-state index contributed by atoms with van der Waals surface area (Å²) in [5.41, 5.74) is 0.377. The molecule has 0 bridgehead atoms. The number of hydrogen-bond acceptors (Lipinski definition) is 7. The highest BCUT2D eigenvalue weighted by Gasteiger charge is 2.18. The second kappa shape index (κ2) is 7.96. The number of anilines is 1. The van der Waals surface area contributed by atoms with Crippen molar-refractivity contribution in [1.29, 1.82) is 0 Å². The maximum absolute atomic E-state index is 11.9. The lowest BCUT2D eigenvalue weighted by Crippen LogP contribution is -2.38. The zero-order valence-electron chi connectivity index (χ0n) is 15.9. The summed E-state index contributed by atoms with van der Waals surface area (Å²) in [6.45, 7) is 8.05. The summed E-state index contributed by atoms with van der Waals surface area (Å²) in [5, 5.41) is 6.16. The number of nitrogens with one attached hydrogen (secondary N) is 2. The normalized spacial score (nSPS) is 12.7. The van der Waals surface area contributed by atoms with Crippen molar-refractivity contribution in [2.24, 2.45) is 0 Å². The van der Waals surface area contributed by atoms with Gasteiger partial charge in [-0.2, -0.15) is 0 Å². The lowest BCUT2D eigenvalue weighted by molar-refractivity contribution is 0.0508. The highest BCUT2D eigenvalue weighted by atomic mass is 32.1. The number of amides is 1. The number of rotatable bonds is 6. The van der Waals surface area contributed by atoms with E-state index in [0.29, 0.717) is 13.0 Å². The summed E-state index contributed by atoms with van der Waals surface area (Å²) >= 11 is 1.62. The van der Waals surface area contributed by atoms with Gasteiger partial charge in [-0.25, -0.2) is 14.8 Å². The van der Waals surface area contributed by atoms with Crippen LogP contribution >= 0.6 is 11.3 Å². The quantitative estimate of drug-likeness (QED) is 0.652. The molecule has 0 spiro atoms. The largest absolute Gasteiger partial charge is 0.467 e. The maximum Gasteiger partial charge on any atom is 0.407 e. The standard InChI is InChI=1S/C19H24N4O3S/c1-12(23-18(24)26-19(2,3)4)8-14-9-15-16(27-14)17(22-11-21-15)20-10-13-6-5-7-25-13/h5-7,9,11-12H,8,10H2,1-4H3,(H,23,24)(H,20,21,22)/t12-/m0/s1. The second-order valence-corrected chi connectivity index (χ2v) is 8.47. The van der Waals surface area contributed by atoms with Gasteiger partial charge >= 0.3 is 6.09 Å². The van der Waals surface area contributed by atoms with Gasteiger partial charge in [0.1, 0.15) is 23.5 Å². The summed E-state index contributed by atoms with van der Waals surface area (Å²) in [6.07, 6.45) is 3.48. The summed E-state index contributed by atoms with van der Waals surface area (Å²) in [4.78, 5) is 21.7. The van der Waals surface area contributed by atoms with E-state index in [0.717, 1.165) is 26.7 Å². The summed E-state index contributed by atoms with van der Waals surface area (Å²) in [7, 11) is 0. The number of fused-ring (bicyclic) bond motifs is 1. The van der Waals surface area contributed by atoms with Gasteiger partial charge in [-0.3, -0.25) is 0 Å². The molecule has 144 valence electrons. The number of alkyl carbamates (subject to hydrolysis) is 1. The Bertz CT molecular complexity index is 899. The number of thiophene rings is 1. The summed E-state index contributed by atoms with van der Waals surface area (Å²) in [6, 6.07) is 5.75. The van der Waals surface area contributed by atoms with E-state index in [9.17, 15) is 4.79 Å². The molecule has 0 fully saturated rings. The van der Waals surface area contributed by atoms with E-state index < -0.39 is 11.7 Å². The number of ether oxygens (including phenoxy) is 1. The molecule has 0 unspecified atom stereocenters. The zero-order chi connectivity index (χ0) is 19.4. The van der Waals surface area contributed by atoms with Gasteiger partial charge in [0.15, 0.2) is 0 Å². The van der Waals surface area contributed by atoms with Crippen LogP contribution in [0.5, 0.6) is 0 Å². The fourth-order valence-corrected chi connectivity index (χ4v) is 3.78. The first-order valence-corrected chi connectivity index (χ1v) is 9.61. The van der Waals surface area contributed by atoms with Crippen LogP contribution in [0.1, 0.15) is 38.3 Å². The molecule has 3 rings (SSSR count). The van der Waals surface area contributed by atoms with Crippen LogP contribution in [0.15, 0.2) is 35.2 Å². The van der Waals surface area contributed by atoms with Crippen LogP contribution < -0.4 is 10.6 Å². The number of aromatic nitrogens is 2. The van der Waals surface area contributed by atoms with Crippen molar-refractivity contribution < 1.29 is 13.9 Å². The lowest BCUT2D eigenvalue weighted by Gasteiger charge is -2.21. The van der Waals surface area contributed by atoms with E-state index in [-0.39, 0.29) is 6.04 Å². The Morgan fingerprint density at radius 2 is 2.19 bits per heavy atom. The monoisotopic (exact) mass is 388 g/mol. The third-order valence-electron chi connectivity index (χ3n) is 3.64. The highest BCUT2D eigenvalue weighted by molar-refractivity contribution is 7.19. The fourth-order valence-electron chi connectivity index (χ4n) is 2.58. The van der Waals surface area contributed by atoms with Crippen molar-refractivity contribution in [3.63, 3.8) is 0 Å². The molecule has 0 aliphatic heterocycles. The SMILES string of the molecule is C[C@@H](Cc1cc2ncnc(NCc3ccco3)c2s1)NC(=O)OC(C)(C)C. The smallest absolute Gasteiger partial charge is 0.407 e. The number of furan rings is 1. The molecule has 27 heavy (non-hydrogen) atoms. The minimum atomic E-state index is -0.508. The van der Waals surface area contributed by atoms with Crippen LogP contribution in [0.25, 0.3) is 10.2 Å². The lowest BCUT2D eigenvalue weighted by atomic mass is 10.2. The maximum atomic E-state index is 11.9. The van der Waals surface area contributed by atoms with E-state index >= 15 is 0 Å². The molecule has 1 atom stereocenters. The molecule has 0 aliphatic rings.